The van der Waals surface area contributed by atoms with Crippen LogP contribution in [0.2, 0.25) is 0 Å². The molecule has 0 aliphatic carbocycles. The molecular formula is C18H19F2N5S. The van der Waals surface area contributed by atoms with Crippen molar-refractivity contribution in [3.63, 3.8) is 0 Å². The molecule has 1 saturated heterocycles. The summed E-state index contributed by atoms with van der Waals surface area (Å²) in [5.74, 6) is 0.201. The van der Waals surface area contributed by atoms with Gasteiger partial charge in [-0.25, -0.2) is 23.7 Å². The second-order valence-corrected chi connectivity index (χ2v) is 7.28. The van der Waals surface area contributed by atoms with Crippen LogP contribution in [0.25, 0.3) is 10.9 Å². The lowest BCUT2D eigenvalue weighted by atomic mass is 10.0. The summed E-state index contributed by atoms with van der Waals surface area (Å²) in [6, 6.07) is 7.67. The molecule has 1 aromatic carbocycles. The number of aromatic nitrogens is 3. The van der Waals surface area contributed by atoms with Crippen molar-refractivity contribution in [2.45, 2.75) is 32.2 Å². The molecule has 0 unspecified atom stereocenters. The van der Waals surface area contributed by atoms with E-state index in [-0.39, 0.29) is 0 Å². The molecule has 0 radical (unpaired) electrons. The second kappa shape index (κ2) is 7.11. The smallest absolute Gasteiger partial charge is 0.297 e. The number of benzene rings is 1. The van der Waals surface area contributed by atoms with E-state index in [4.69, 9.17) is 0 Å². The molecular weight excluding hydrogens is 356 g/mol. The maximum Gasteiger partial charge on any atom is 0.297 e. The van der Waals surface area contributed by atoms with Gasteiger partial charge in [0.1, 0.15) is 5.82 Å². The molecule has 0 amide bonds. The van der Waals surface area contributed by atoms with Crippen molar-refractivity contribution in [2.24, 2.45) is 0 Å². The molecule has 0 bridgehead atoms. The van der Waals surface area contributed by atoms with Crippen molar-refractivity contribution in [3.8, 4) is 0 Å². The molecule has 1 fully saturated rings. The van der Waals surface area contributed by atoms with Crippen molar-refractivity contribution < 1.29 is 8.78 Å². The highest BCUT2D eigenvalue weighted by atomic mass is 32.1. The lowest BCUT2D eigenvalue weighted by Gasteiger charge is -2.33. The maximum atomic E-state index is 13.2. The molecule has 2 aromatic heterocycles. The van der Waals surface area contributed by atoms with E-state index in [9.17, 15) is 8.78 Å². The lowest BCUT2D eigenvalue weighted by molar-refractivity contribution is 0.141. The molecule has 5 nitrogen and oxygen atoms in total. The third kappa shape index (κ3) is 3.46. The Morgan fingerprint density at radius 1 is 1.15 bits per heavy atom. The van der Waals surface area contributed by atoms with E-state index in [0.29, 0.717) is 17.4 Å². The van der Waals surface area contributed by atoms with Crippen molar-refractivity contribution in [1.82, 2.24) is 15.0 Å². The predicted octanol–water partition coefficient (Wildman–Crippen LogP) is 4.41. The van der Waals surface area contributed by atoms with Gasteiger partial charge in [0, 0.05) is 29.9 Å². The monoisotopic (exact) mass is 375 g/mol. The maximum absolute atomic E-state index is 13.2. The molecule has 1 aliphatic heterocycles. The number of hydrogen-bond acceptors (Lipinski definition) is 6. The molecule has 3 aromatic rings. The zero-order valence-electron chi connectivity index (χ0n) is 14.3. The number of rotatable bonds is 4. The Morgan fingerprint density at radius 2 is 1.92 bits per heavy atom. The minimum absolute atomic E-state index is 0.333. The third-order valence-electron chi connectivity index (χ3n) is 4.54. The van der Waals surface area contributed by atoms with Gasteiger partial charge in [-0.1, -0.05) is 12.1 Å². The van der Waals surface area contributed by atoms with Crippen molar-refractivity contribution in [2.75, 3.05) is 23.3 Å². The van der Waals surface area contributed by atoms with Gasteiger partial charge in [-0.15, -0.1) is 11.3 Å². The lowest BCUT2D eigenvalue weighted by Crippen LogP contribution is -2.39. The number of alkyl halides is 2. The van der Waals surface area contributed by atoms with Gasteiger partial charge in [0.05, 0.1) is 11.2 Å². The highest BCUT2D eigenvalue weighted by molar-refractivity contribution is 7.13. The van der Waals surface area contributed by atoms with E-state index in [1.165, 1.54) is 0 Å². The molecule has 26 heavy (non-hydrogen) atoms. The highest BCUT2D eigenvalue weighted by Crippen LogP contribution is 2.29. The van der Waals surface area contributed by atoms with Crippen LogP contribution in [-0.4, -0.2) is 34.1 Å². The number of fused-ring (bicyclic) bond motifs is 1. The summed E-state index contributed by atoms with van der Waals surface area (Å²) in [6.45, 7) is 3.49. The Hall–Kier alpha value is -2.35. The zero-order valence-corrected chi connectivity index (χ0v) is 15.1. The highest BCUT2D eigenvalue weighted by Gasteiger charge is 2.24. The first-order valence-corrected chi connectivity index (χ1v) is 9.46. The summed E-state index contributed by atoms with van der Waals surface area (Å²) in [5.41, 5.74) is 1.58. The van der Waals surface area contributed by atoms with Crippen LogP contribution in [0.15, 0.2) is 29.6 Å². The van der Waals surface area contributed by atoms with Crippen molar-refractivity contribution in [3.05, 3.63) is 41.2 Å². The first-order valence-electron chi connectivity index (χ1n) is 8.58. The van der Waals surface area contributed by atoms with Crippen LogP contribution in [0.3, 0.4) is 0 Å². The number of hydrogen-bond donors (Lipinski definition) is 1. The van der Waals surface area contributed by atoms with Gasteiger partial charge in [-0.2, -0.15) is 0 Å². The van der Waals surface area contributed by atoms with E-state index >= 15 is 0 Å². The number of nitrogens with zero attached hydrogens (tertiary/aromatic N) is 4. The number of piperidine rings is 1. The molecule has 136 valence electrons. The fraction of sp³-hybridized carbons (Fsp3) is 0.389. The van der Waals surface area contributed by atoms with Crippen LogP contribution in [0.5, 0.6) is 0 Å². The number of thiazole rings is 1. The average Bonchev–Trinajstić information content (AvgIpc) is 3.06. The number of anilines is 2. The molecule has 1 aliphatic rings. The number of para-hydroxylation sites is 1. The Labute approximate surface area is 154 Å². The van der Waals surface area contributed by atoms with Gasteiger partial charge in [0.15, 0.2) is 11.0 Å². The quantitative estimate of drug-likeness (QED) is 0.732. The summed E-state index contributed by atoms with van der Waals surface area (Å²) in [5, 5.41) is 7.25. The van der Waals surface area contributed by atoms with Gasteiger partial charge in [-0.05, 0) is 31.9 Å². The van der Waals surface area contributed by atoms with E-state index in [1.54, 1.807) is 23.5 Å². The Morgan fingerprint density at radius 3 is 2.62 bits per heavy atom. The molecule has 1 N–H and O–H groups in total. The molecule has 4 rings (SSSR count). The normalized spacial score (nSPS) is 15.8. The third-order valence-corrected chi connectivity index (χ3v) is 5.43. The topological polar surface area (TPSA) is 53.9 Å². The summed E-state index contributed by atoms with van der Waals surface area (Å²) >= 11 is 1.61. The van der Waals surface area contributed by atoms with Gasteiger partial charge in [0.2, 0.25) is 0 Å². The summed E-state index contributed by atoms with van der Waals surface area (Å²) in [7, 11) is 0. The first-order chi connectivity index (χ1) is 12.6. The number of halogens is 2. The summed E-state index contributed by atoms with van der Waals surface area (Å²) < 4.78 is 26.4. The average molecular weight is 375 g/mol. The number of aryl methyl sites for hydroxylation is 1. The van der Waals surface area contributed by atoms with Gasteiger partial charge in [0.25, 0.3) is 6.43 Å². The molecule has 0 atom stereocenters. The minimum atomic E-state index is -2.68. The standard InChI is InChI=1S/C18H19F2N5S/c1-11-10-26-18(21-11)22-12-6-8-25(9-7-12)17-13-4-2-3-5-14(13)23-16(24-17)15(19)20/h2-5,10,12,15H,6-9H2,1H3,(H,21,22). The predicted molar refractivity (Wildman–Crippen MR) is 100 cm³/mol. The fourth-order valence-electron chi connectivity index (χ4n) is 3.25. The fourth-order valence-corrected chi connectivity index (χ4v) is 4.01. The van der Waals surface area contributed by atoms with E-state index in [2.05, 4.69) is 25.2 Å². The Kier molecular flexibility index (Phi) is 4.67. The Bertz CT molecular complexity index is 905. The second-order valence-electron chi connectivity index (χ2n) is 6.42. The van der Waals surface area contributed by atoms with Crippen molar-refractivity contribution in [1.29, 1.82) is 0 Å². The molecule has 0 saturated carbocycles. The largest absolute Gasteiger partial charge is 0.359 e. The van der Waals surface area contributed by atoms with Gasteiger partial charge in [-0.3, -0.25) is 0 Å². The van der Waals surface area contributed by atoms with Crippen molar-refractivity contribution >= 4 is 33.2 Å². The van der Waals surface area contributed by atoms with Crippen LogP contribution in [0.1, 0.15) is 30.8 Å². The minimum Gasteiger partial charge on any atom is -0.359 e. The van der Waals surface area contributed by atoms with Crippen LogP contribution < -0.4 is 10.2 Å². The molecule has 0 spiro atoms. The van der Waals surface area contributed by atoms with Gasteiger partial charge < -0.3 is 10.2 Å². The summed E-state index contributed by atoms with van der Waals surface area (Å²) in [4.78, 5) is 14.7. The Balaban J connectivity index is 1.53. The molecule has 8 heteroatoms. The van der Waals surface area contributed by atoms with E-state index in [0.717, 1.165) is 42.1 Å². The van der Waals surface area contributed by atoms with Crippen LogP contribution in [0.4, 0.5) is 19.7 Å². The first kappa shape index (κ1) is 17.1. The zero-order chi connectivity index (χ0) is 18.1. The van der Waals surface area contributed by atoms with Crippen LogP contribution >= 0.6 is 11.3 Å². The number of nitrogens with one attached hydrogen (secondary N) is 1. The van der Waals surface area contributed by atoms with E-state index < -0.39 is 12.2 Å². The summed E-state index contributed by atoms with van der Waals surface area (Å²) in [6.07, 6.45) is -0.868. The molecule has 3 heterocycles. The van der Waals surface area contributed by atoms with Gasteiger partial charge >= 0.3 is 0 Å². The van der Waals surface area contributed by atoms with Crippen LogP contribution in [-0.2, 0) is 0 Å². The van der Waals surface area contributed by atoms with Crippen LogP contribution in [0, 0.1) is 6.92 Å². The SMILES string of the molecule is Cc1csc(NC2CCN(c3nc(C(F)F)nc4ccccc34)CC2)n1. The van der Waals surface area contributed by atoms with E-state index in [1.807, 2.05) is 24.4 Å².